The van der Waals surface area contributed by atoms with Gasteiger partial charge in [0.1, 0.15) is 17.5 Å². The van der Waals surface area contributed by atoms with Gasteiger partial charge in [-0.1, -0.05) is 6.07 Å². The third-order valence-corrected chi connectivity index (χ3v) is 5.89. The van der Waals surface area contributed by atoms with Gasteiger partial charge in [-0.05, 0) is 75.1 Å². The molecule has 0 spiro atoms. The fraction of sp³-hybridized carbons (Fsp3) is 0.400. The molecule has 2 aromatic carbocycles. The average Bonchev–Trinajstić information content (AvgIpc) is 3.30. The molecule has 0 saturated carbocycles. The van der Waals surface area contributed by atoms with Gasteiger partial charge in [-0.15, -0.1) is 0 Å². The number of carbonyl (C=O) groups excluding carboxylic acids is 3. The minimum atomic E-state index is -0.667. The van der Waals surface area contributed by atoms with Gasteiger partial charge in [0.2, 0.25) is 5.91 Å². The molecule has 2 amide bonds. The van der Waals surface area contributed by atoms with Crippen LogP contribution in [0.25, 0.3) is 0 Å². The van der Waals surface area contributed by atoms with Crippen molar-refractivity contribution in [1.29, 1.82) is 0 Å². The second-order valence-electron chi connectivity index (χ2n) is 8.48. The van der Waals surface area contributed by atoms with Crippen molar-refractivity contribution in [3.05, 3.63) is 53.1 Å². The van der Waals surface area contributed by atoms with Crippen LogP contribution in [-0.4, -0.2) is 54.8 Å². The van der Waals surface area contributed by atoms with E-state index in [4.69, 9.17) is 9.47 Å². The van der Waals surface area contributed by atoms with Gasteiger partial charge in [-0.25, -0.2) is 0 Å². The smallest absolute Gasteiger partial charge is 0.265 e. The first-order valence-corrected chi connectivity index (χ1v) is 11.0. The number of nitrogens with zero attached hydrogens (tertiary/aromatic N) is 2. The standard InChI is InChI=1S/C25H28N2O5/c1-16-10-17(2)12-20(11-16)31-14-22(28)19-6-7-23-21(13-19)27(24(29)15-32-23)18(3)25(30)26-8-4-5-9-26/h6-7,10-13,18H,4-5,8-9,14-15H2,1-3H3. The minimum absolute atomic E-state index is 0.0846. The Hall–Kier alpha value is -3.35. The van der Waals surface area contributed by atoms with Gasteiger partial charge in [0.15, 0.2) is 19.0 Å². The second kappa shape index (κ2) is 9.02. The van der Waals surface area contributed by atoms with Crippen LogP contribution in [0.4, 0.5) is 5.69 Å². The molecule has 2 aromatic rings. The Morgan fingerprint density at radius 1 is 1.06 bits per heavy atom. The molecule has 0 aromatic heterocycles. The molecule has 2 heterocycles. The highest BCUT2D eigenvalue weighted by Gasteiger charge is 2.36. The normalized spacial score (nSPS) is 16.4. The molecule has 1 fully saturated rings. The van der Waals surface area contributed by atoms with E-state index in [2.05, 4.69) is 0 Å². The summed E-state index contributed by atoms with van der Waals surface area (Å²) in [7, 11) is 0. The fourth-order valence-electron chi connectivity index (χ4n) is 4.33. The molecule has 7 nitrogen and oxygen atoms in total. The van der Waals surface area contributed by atoms with Crippen molar-refractivity contribution >= 4 is 23.3 Å². The third-order valence-electron chi connectivity index (χ3n) is 5.89. The molecule has 0 radical (unpaired) electrons. The van der Waals surface area contributed by atoms with Gasteiger partial charge >= 0.3 is 0 Å². The summed E-state index contributed by atoms with van der Waals surface area (Å²) < 4.78 is 11.3. The molecule has 0 bridgehead atoms. The van der Waals surface area contributed by atoms with E-state index in [0.717, 1.165) is 24.0 Å². The van der Waals surface area contributed by atoms with Crippen molar-refractivity contribution < 1.29 is 23.9 Å². The van der Waals surface area contributed by atoms with Crippen LogP contribution < -0.4 is 14.4 Å². The maximum atomic E-state index is 12.9. The highest BCUT2D eigenvalue weighted by Crippen LogP contribution is 2.35. The number of likely N-dealkylation sites (tertiary alicyclic amines) is 1. The summed E-state index contributed by atoms with van der Waals surface area (Å²) in [5, 5.41) is 0. The van der Waals surface area contributed by atoms with Crippen LogP contribution in [0.15, 0.2) is 36.4 Å². The molecule has 0 N–H and O–H groups in total. The Labute approximate surface area is 187 Å². The van der Waals surface area contributed by atoms with Crippen LogP contribution in [0.5, 0.6) is 11.5 Å². The van der Waals surface area contributed by atoms with Crippen LogP contribution in [0, 0.1) is 13.8 Å². The van der Waals surface area contributed by atoms with Crippen LogP contribution in [-0.2, 0) is 9.59 Å². The Kier molecular flexibility index (Phi) is 6.17. The monoisotopic (exact) mass is 436 g/mol. The van der Waals surface area contributed by atoms with Gasteiger partial charge in [-0.3, -0.25) is 19.3 Å². The Bertz CT molecular complexity index is 1040. The molecule has 4 rings (SSSR count). The number of hydrogen-bond acceptors (Lipinski definition) is 5. The molecule has 32 heavy (non-hydrogen) atoms. The van der Waals surface area contributed by atoms with Crippen molar-refractivity contribution in [2.24, 2.45) is 0 Å². The molecule has 168 valence electrons. The topological polar surface area (TPSA) is 76.2 Å². The SMILES string of the molecule is Cc1cc(C)cc(OCC(=O)c2ccc3c(c2)N(C(C)C(=O)N2CCCC2)C(=O)CO3)c1. The second-order valence-corrected chi connectivity index (χ2v) is 8.48. The van der Waals surface area contributed by atoms with E-state index < -0.39 is 6.04 Å². The molecule has 7 heteroatoms. The van der Waals surface area contributed by atoms with E-state index in [1.54, 1.807) is 30.0 Å². The lowest BCUT2D eigenvalue weighted by molar-refractivity contribution is -0.133. The predicted molar refractivity (Wildman–Crippen MR) is 120 cm³/mol. The van der Waals surface area contributed by atoms with Gasteiger partial charge in [-0.2, -0.15) is 0 Å². The Morgan fingerprint density at radius 2 is 1.75 bits per heavy atom. The van der Waals surface area contributed by atoms with E-state index in [1.807, 2.05) is 32.0 Å². The van der Waals surface area contributed by atoms with Gasteiger partial charge < -0.3 is 14.4 Å². The summed E-state index contributed by atoms with van der Waals surface area (Å²) in [6.45, 7) is 6.84. The first kappa shape index (κ1) is 21.9. The zero-order valence-corrected chi connectivity index (χ0v) is 18.7. The number of rotatable bonds is 6. The lowest BCUT2D eigenvalue weighted by atomic mass is 10.1. The number of aryl methyl sites for hydroxylation is 2. The Morgan fingerprint density at radius 3 is 2.44 bits per heavy atom. The predicted octanol–water partition coefficient (Wildman–Crippen LogP) is 3.30. The highest BCUT2D eigenvalue weighted by molar-refractivity contribution is 6.05. The molecule has 1 saturated heterocycles. The molecular formula is C25H28N2O5. The lowest BCUT2D eigenvalue weighted by Gasteiger charge is -2.35. The van der Waals surface area contributed by atoms with Gasteiger partial charge in [0.25, 0.3) is 5.91 Å². The average molecular weight is 437 g/mol. The summed E-state index contributed by atoms with van der Waals surface area (Å²) in [4.78, 5) is 41.7. The summed E-state index contributed by atoms with van der Waals surface area (Å²) >= 11 is 0. The maximum absolute atomic E-state index is 12.9. The number of ether oxygens (including phenoxy) is 2. The number of amides is 2. The maximum Gasteiger partial charge on any atom is 0.265 e. The van der Waals surface area contributed by atoms with Crippen molar-refractivity contribution in [3.63, 3.8) is 0 Å². The Balaban J connectivity index is 1.54. The number of anilines is 1. The molecule has 1 unspecified atom stereocenters. The number of carbonyl (C=O) groups is 3. The summed E-state index contributed by atoms with van der Waals surface area (Å²) in [6.07, 6.45) is 1.95. The first-order valence-electron chi connectivity index (χ1n) is 11.0. The van der Waals surface area contributed by atoms with Crippen molar-refractivity contribution in [2.45, 2.75) is 39.7 Å². The largest absolute Gasteiger partial charge is 0.485 e. The van der Waals surface area contributed by atoms with E-state index >= 15 is 0 Å². The van der Waals surface area contributed by atoms with Crippen molar-refractivity contribution in [2.75, 3.05) is 31.2 Å². The zero-order valence-electron chi connectivity index (χ0n) is 18.7. The van der Waals surface area contributed by atoms with Crippen molar-refractivity contribution in [3.8, 4) is 11.5 Å². The number of Topliss-reactive ketones (excluding diaryl/α,β-unsaturated/α-hetero) is 1. The van der Waals surface area contributed by atoms with Crippen LogP contribution in [0.1, 0.15) is 41.3 Å². The summed E-state index contributed by atoms with van der Waals surface area (Å²) in [5.74, 6) is 0.520. The first-order chi connectivity index (χ1) is 15.3. The van der Waals surface area contributed by atoms with E-state index in [0.29, 0.717) is 35.8 Å². The van der Waals surface area contributed by atoms with Crippen LogP contribution in [0.3, 0.4) is 0 Å². The number of hydrogen-bond donors (Lipinski definition) is 0. The van der Waals surface area contributed by atoms with Gasteiger partial charge in [0.05, 0.1) is 5.69 Å². The zero-order chi connectivity index (χ0) is 22.8. The lowest BCUT2D eigenvalue weighted by Crippen LogP contribution is -2.52. The summed E-state index contributed by atoms with van der Waals surface area (Å²) in [6, 6.07) is 10.1. The van der Waals surface area contributed by atoms with Crippen molar-refractivity contribution in [1.82, 2.24) is 4.90 Å². The number of benzene rings is 2. The number of ketones is 1. The highest BCUT2D eigenvalue weighted by atomic mass is 16.5. The molecule has 0 aliphatic carbocycles. The van der Waals surface area contributed by atoms with E-state index in [9.17, 15) is 14.4 Å². The summed E-state index contributed by atoms with van der Waals surface area (Å²) in [5.41, 5.74) is 2.96. The van der Waals surface area contributed by atoms with Crippen LogP contribution >= 0.6 is 0 Å². The quantitative estimate of drug-likeness (QED) is 0.650. The number of fused-ring (bicyclic) bond motifs is 1. The molecular weight excluding hydrogens is 408 g/mol. The fourth-order valence-corrected chi connectivity index (χ4v) is 4.33. The molecule has 2 aliphatic heterocycles. The van der Waals surface area contributed by atoms with E-state index in [-0.39, 0.29) is 30.8 Å². The third kappa shape index (κ3) is 4.47. The van der Waals surface area contributed by atoms with E-state index in [1.165, 1.54) is 4.90 Å². The minimum Gasteiger partial charge on any atom is -0.485 e. The molecule has 2 aliphatic rings. The van der Waals surface area contributed by atoms with Crippen LogP contribution in [0.2, 0.25) is 0 Å². The van der Waals surface area contributed by atoms with Gasteiger partial charge in [0, 0.05) is 18.7 Å². The molecule has 1 atom stereocenters.